The molecule has 1 aromatic rings. The molecular formula is C14H23N3O4. The van der Waals surface area contributed by atoms with Crippen molar-refractivity contribution >= 4 is 0 Å². The Morgan fingerprint density at radius 1 is 1.43 bits per heavy atom. The molecule has 1 unspecified atom stereocenters. The highest BCUT2D eigenvalue weighted by Gasteiger charge is 2.36. The van der Waals surface area contributed by atoms with Crippen LogP contribution in [0.15, 0.2) is 15.8 Å². The molecule has 7 nitrogen and oxygen atoms in total. The lowest BCUT2D eigenvalue weighted by atomic mass is 10.1. The lowest BCUT2D eigenvalue weighted by Gasteiger charge is -2.24. The standard InChI is InChI=1S/C14H23N3O4/c1-4-16(5-2)8-11-10(18)6-12(21-11)17-7-9(3)13(19)15-14(17)20/h7,10-12,18H,4-6,8H2,1-3H3,(H,15,19,20)/t10?,11-,12-/m1/s1. The van der Waals surface area contributed by atoms with Crippen molar-refractivity contribution in [1.82, 2.24) is 14.5 Å². The molecule has 2 heterocycles. The first-order chi connectivity index (χ1) is 9.96. The average Bonchev–Trinajstić information content (AvgIpc) is 2.81. The van der Waals surface area contributed by atoms with Crippen molar-refractivity contribution in [3.63, 3.8) is 0 Å². The highest BCUT2D eigenvalue weighted by Crippen LogP contribution is 2.28. The molecule has 2 N–H and O–H groups in total. The van der Waals surface area contributed by atoms with Gasteiger partial charge in [-0.25, -0.2) is 4.79 Å². The number of nitrogens with one attached hydrogen (secondary N) is 1. The number of aryl methyl sites for hydroxylation is 1. The molecule has 21 heavy (non-hydrogen) atoms. The number of aromatic nitrogens is 2. The molecule has 1 aliphatic heterocycles. The summed E-state index contributed by atoms with van der Waals surface area (Å²) in [6, 6.07) is 0. The second kappa shape index (κ2) is 6.55. The summed E-state index contributed by atoms with van der Waals surface area (Å²) >= 11 is 0. The van der Waals surface area contributed by atoms with Crippen molar-refractivity contribution in [3.05, 3.63) is 32.6 Å². The second-order valence-electron chi connectivity index (χ2n) is 5.40. The number of ether oxygens (including phenoxy) is 1. The van der Waals surface area contributed by atoms with Crippen molar-refractivity contribution in [2.75, 3.05) is 19.6 Å². The van der Waals surface area contributed by atoms with Gasteiger partial charge in [-0.15, -0.1) is 0 Å². The molecule has 0 aliphatic carbocycles. The van der Waals surface area contributed by atoms with E-state index in [0.717, 1.165) is 13.1 Å². The zero-order chi connectivity index (χ0) is 15.6. The minimum atomic E-state index is -0.616. The summed E-state index contributed by atoms with van der Waals surface area (Å²) in [5, 5.41) is 10.1. The molecule has 118 valence electrons. The molecule has 7 heteroatoms. The van der Waals surface area contributed by atoms with Crippen LogP contribution in [-0.4, -0.2) is 51.4 Å². The van der Waals surface area contributed by atoms with Gasteiger partial charge in [0.05, 0.1) is 12.2 Å². The van der Waals surface area contributed by atoms with Gasteiger partial charge in [-0.1, -0.05) is 13.8 Å². The molecule has 0 radical (unpaired) electrons. The zero-order valence-corrected chi connectivity index (χ0v) is 12.7. The molecule has 1 aromatic heterocycles. The van der Waals surface area contributed by atoms with E-state index in [1.54, 1.807) is 6.92 Å². The fourth-order valence-electron chi connectivity index (χ4n) is 2.59. The SMILES string of the molecule is CCN(CC)C[C@H]1O[C@@H](n2cc(C)c(=O)[nH]c2=O)CC1O. The van der Waals surface area contributed by atoms with Crippen LogP contribution in [-0.2, 0) is 4.74 Å². The number of rotatable bonds is 5. The zero-order valence-electron chi connectivity index (χ0n) is 12.7. The first-order valence-electron chi connectivity index (χ1n) is 7.34. The van der Waals surface area contributed by atoms with E-state index in [1.165, 1.54) is 10.8 Å². The number of aromatic amines is 1. The predicted octanol–water partition coefficient (Wildman–Crippen LogP) is -0.165. The molecule has 0 amide bonds. The number of hydrogen-bond acceptors (Lipinski definition) is 5. The summed E-state index contributed by atoms with van der Waals surface area (Å²) in [5.41, 5.74) is -0.458. The second-order valence-corrected chi connectivity index (χ2v) is 5.40. The summed E-state index contributed by atoms with van der Waals surface area (Å²) in [4.78, 5) is 27.7. The van der Waals surface area contributed by atoms with Gasteiger partial charge in [0, 0.05) is 24.7 Å². The van der Waals surface area contributed by atoms with E-state index >= 15 is 0 Å². The van der Waals surface area contributed by atoms with E-state index in [1.807, 2.05) is 0 Å². The molecule has 1 fully saturated rings. The minimum Gasteiger partial charge on any atom is -0.390 e. The van der Waals surface area contributed by atoms with Gasteiger partial charge < -0.3 is 14.7 Å². The van der Waals surface area contributed by atoms with Crippen LogP contribution in [0.1, 0.15) is 32.1 Å². The maximum atomic E-state index is 11.9. The number of hydrogen-bond donors (Lipinski definition) is 2. The number of aliphatic hydroxyl groups excluding tert-OH is 1. The summed E-state index contributed by atoms with van der Waals surface area (Å²) in [7, 11) is 0. The van der Waals surface area contributed by atoms with Crippen LogP contribution in [0.5, 0.6) is 0 Å². The summed E-state index contributed by atoms with van der Waals surface area (Å²) in [5.74, 6) is 0. The predicted molar refractivity (Wildman–Crippen MR) is 78.4 cm³/mol. The van der Waals surface area contributed by atoms with Gasteiger partial charge in [-0.05, 0) is 20.0 Å². The fraction of sp³-hybridized carbons (Fsp3) is 0.714. The van der Waals surface area contributed by atoms with E-state index < -0.39 is 23.6 Å². The van der Waals surface area contributed by atoms with E-state index in [2.05, 4.69) is 23.7 Å². The number of nitrogens with zero attached hydrogens (tertiary/aromatic N) is 2. The highest BCUT2D eigenvalue weighted by atomic mass is 16.5. The average molecular weight is 297 g/mol. The Bertz CT molecular complexity index is 591. The normalized spacial score (nSPS) is 25.7. The van der Waals surface area contributed by atoms with Crippen molar-refractivity contribution < 1.29 is 9.84 Å². The van der Waals surface area contributed by atoms with E-state index in [4.69, 9.17) is 4.74 Å². The van der Waals surface area contributed by atoms with Crippen LogP contribution in [0.4, 0.5) is 0 Å². The topological polar surface area (TPSA) is 87.6 Å². The first kappa shape index (κ1) is 15.9. The van der Waals surface area contributed by atoms with Crippen LogP contribution in [0.25, 0.3) is 0 Å². The van der Waals surface area contributed by atoms with Crippen LogP contribution in [0.3, 0.4) is 0 Å². The van der Waals surface area contributed by atoms with Crippen molar-refractivity contribution in [2.45, 2.75) is 45.6 Å². The maximum Gasteiger partial charge on any atom is 0.330 e. The third kappa shape index (κ3) is 3.42. The molecule has 0 aromatic carbocycles. The lowest BCUT2D eigenvalue weighted by molar-refractivity contribution is -0.0351. The third-order valence-corrected chi connectivity index (χ3v) is 3.99. The van der Waals surface area contributed by atoms with Gasteiger partial charge in [0.2, 0.25) is 0 Å². The first-order valence-corrected chi connectivity index (χ1v) is 7.34. The Labute approximate surface area is 123 Å². The van der Waals surface area contributed by atoms with Gasteiger partial charge in [-0.3, -0.25) is 14.3 Å². The smallest absolute Gasteiger partial charge is 0.330 e. The number of H-pyrrole nitrogens is 1. The minimum absolute atomic E-state index is 0.325. The van der Waals surface area contributed by atoms with Crippen molar-refractivity contribution in [3.8, 4) is 0 Å². The van der Waals surface area contributed by atoms with Gasteiger partial charge >= 0.3 is 5.69 Å². The van der Waals surface area contributed by atoms with Crippen LogP contribution >= 0.6 is 0 Å². The molecule has 2 rings (SSSR count). The molecular weight excluding hydrogens is 274 g/mol. The number of likely N-dealkylation sites (N-methyl/N-ethyl adjacent to an activating group) is 1. The van der Waals surface area contributed by atoms with Gasteiger partial charge in [0.1, 0.15) is 6.23 Å². The van der Waals surface area contributed by atoms with Crippen molar-refractivity contribution in [2.24, 2.45) is 0 Å². The Balaban J connectivity index is 2.16. The van der Waals surface area contributed by atoms with Gasteiger partial charge in [0.25, 0.3) is 5.56 Å². The monoisotopic (exact) mass is 297 g/mol. The lowest BCUT2D eigenvalue weighted by Crippen LogP contribution is -2.37. The van der Waals surface area contributed by atoms with Crippen LogP contribution in [0.2, 0.25) is 0 Å². The summed E-state index contributed by atoms with van der Waals surface area (Å²) in [6.07, 6.45) is 0.350. The molecule has 1 saturated heterocycles. The highest BCUT2D eigenvalue weighted by molar-refractivity contribution is 5.02. The van der Waals surface area contributed by atoms with Crippen LogP contribution < -0.4 is 11.2 Å². The Kier molecular flexibility index (Phi) is 4.97. The van der Waals surface area contributed by atoms with Gasteiger partial charge in [-0.2, -0.15) is 0 Å². The van der Waals surface area contributed by atoms with Crippen LogP contribution in [0, 0.1) is 6.92 Å². The van der Waals surface area contributed by atoms with E-state index in [-0.39, 0.29) is 6.10 Å². The largest absolute Gasteiger partial charge is 0.390 e. The molecule has 1 aliphatic rings. The third-order valence-electron chi connectivity index (χ3n) is 3.99. The maximum absolute atomic E-state index is 11.9. The molecule has 0 bridgehead atoms. The molecule has 0 spiro atoms. The fourth-order valence-corrected chi connectivity index (χ4v) is 2.59. The summed E-state index contributed by atoms with van der Waals surface area (Å²) < 4.78 is 7.17. The summed E-state index contributed by atoms with van der Waals surface area (Å²) in [6.45, 7) is 8.13. The Hall–Kier alpha value is -1.44. The van der Waals surface area contributed by atoms with E-state index in [0.29, 0.717) is 18.5 Å². The molecule has 0 saturated carbocycles. The Morgan fingerprint density at radius 2 is 2.10 bits per heavy atom. The number of aliphatic hydroxyl groups is 1. The molecule has 3 atom stereocenters. The van der Waals surface area contributed by atoms with Gasteiger partial charge in [0.15, 0.2) is 0 Å². The van der Waals surface area contributed by atoms with Crippen molar-refractivity contribution in [1.29, 1.82) is 0 Å². The Morgan fingerprint density at radius 3 is 2.71 bits per heavy atom. The van der Waals surface area contributed by atoms with E-state index in [9.17, 15) is 14.7 Å². The quantitative estimate of drug-likeness (QED) is 0.788.